The van der Waals surface area contributed by atoms with Gasteiger partial charge < -0.3 is 15.2 Å². The lowest BCUT2D eigenvalue weighted by molar-refractivity contribution is -0.592. The van der Waals surface area contributed by atoms with Gasteiger partial charge in [0.25, 0.3) is 0 Å². The van der Waals surface area contributed by atoms with Gasteiger partial charge in [0, 0.05) is 29.6 Å². The van der Waals surface area contributed by atoms with Crippen molar-refractivity contribution in [2.24, 2.45) is 0 Å². The summed E-state index contributed by atoms with van der Waals surface area (Å²) in [6.45, 7) is 2.03. The monoisotopic (exact) mass is 417 g/mol. The van der Waals surface area contributed by atoms with Crippen LogP contribution in [0.15, 0.2) is 96.7 Å². The molecule has 0 aromatic heterocycles. The Bertz CT molecular complexity index is 1060. The fourth-order valence-corrected chi connectivity index (χ4v) is 4.84. The molecule has 1 heterocycles. The Balaban J connectivity index is 1.72. The molecule has 30 heavy (non-hydrogen) atoms. The number of rotatable bonds is 6. The van der Waals surface area contributed by atoms with Gasteiger partial charge in [-0.3, -0.25) is 0 Å². The van der Waals surface area contributed by atoms with E-state index in [0.29, 0.717) is 5.75 Å². The number of aliphatic hydroxyl groups is 1. The normalized spacial score (nSPS) is 19.1. The zero-order chi connectivity index (χ0) is 21.0. The first-order valence-electron chi connectivity index (χ1n) is 9.82. The molecule has 0 amide bonds. The van der Waals surface area contributed by atoms with Crippen LogP contribution in [0.25, 0.3) is 0 Å². The van der Waals surface area contributed by atoms with Crippen LogP contribution in [0.3, 0.4) is 0 Å². The Morgan fingerprint density at radius 1 is 1.00 bits per heavy atom. The molecule has 0 aliphatic carbocycles. The van der Waals surface area contributed by atoms with E-state index in [1.54, 1.807) is 18.9 Å². The van der Waals surface area contributed by atoms with E-state index in [1.807, 2.05) is 96.4 Å². The zero-order valence-electron chi connectivity index (χ0n) is 17.1. The van der Waals surface area contributed by atoms with Gasteiger partial charge in [-0.15, -0.1) is 0 Å². The Morgan fingerprint density at radius 3 is 2.27 bits per heavy atom. The van der Waals surface area contributed by atoms with Crippen LogP contribution in [0.4, 0.5) is 11.4 Å². The number of benzene rings is 3. The van der Waals surface area contributed by atoms with Crippen LogP contribution in [-0.2, 0) is 5.72 Å². The van der Waals surface area contributed by atoms with Gasteiger partial charge >= 0.3 is 5.72 Å². The predicted octanol–water partition coefficient (Wildman–Crippen LogP) is 5.35. The smallest absolute Gasteiger partial charge is 0.307 e. The number of nitrogens with zero attached hydrogens (tertiary/aromatic N) is 1. The maximum atomic E-state index is 11.7. The molecule has 1 atom stereocenters. The Kier molecular flexibility index (Phi) is 5.93. The van der Waals surface area contributed by atoms with Gasteiger partial charge in [0.2, 0.25) is 10.7 Å². The molecule has 0 spiro atoms. The topological polar surface area (TPSA) is 44.5 Å². The average molecular weight is 418 g/mol. The summed E-state index contributed by atoms with van der Waals surface area (Å²) in [4.78, 5) is 0. The Morgan fingerprint density at radius 2 is 1.63 bits per heavy atom. The Hall–Kier alpha value is -3.02. The highest BCUT2D eigenvalue weighted by Gasteiger charge is 2.50. The van der Waals surface area contributed by atoms with Crippen LogP contribution in [0, 0.1) is 0 Å². The number of thioether (sulfide) groups is 1. The predicted molar refractivity (Wildman–Crippen MR) is 125 cm³/mol. The molecule has 0 saturated heterocycles. The van der Waals surface area contributed by atoms with Crippen molar-refractivity contribution < 1.29 is 14.4 Å². The van der Waals surface area contributed by atoms with E-state index >= 15 is 0 Å². The molecule has 152 valence electrons. The summed E-state index contributed by atoms with van der Waals surface area (Å²) in [7, 11) is 1.66. The summed E-state index contributed by atoms with van der Waals surface area (Å²) in [6, 6.07) is 27.7. The maximum Gasteiger partial charge on any atom is 0.307 e. The van der Waals surface area contributed by atoms with Gasteiger partial charge in [0.15, 0.2) is 0 Å². The van der Waals surface area contributed by atoms with E-state index in [1.165, 1.54) is 0 Å². The quantitative estimate of drug-likeness (QED) is 0.531. The average Bonchev–Trinajstić information content (AvgIpc) is 3.12. The van der Waals surface area contributed by atoms with Crippen molar-refractivity contribution in [3.05, 3.63) is 102 Å². The SMILES string of the molecule is COc1ccc(N/C(C)=C/C2=[N+](c3ccccc3)C(O)(c3ccccc3)CS2)cc1. The van der Waals surface area contributed by atoms with Crippen LogP contribution in [0.2, 0.25) is 0 Å². The summed E-state index contributed by atoms with van der Waals surface area (Å²) in [5, 5.41) is 16.1. The standard InChI is InChI=1S/C25H24N2O2S/c1-19(26-21-13-15-23(29-2)16-14-21)17-24-27(22-11-7-4-8-12-22)25(28,18-30-24)20-9-5-3-6-10-20/h3-17,28H,18H2,1-2H3/p+1. The fraction of sp³-hybridized carbons (Fsp3) is 0.160. The largest absolute Gasteiger partial charge is 0.497 e. The van der Waals surface area contributed by atoms with Crippen LogP contribution >= 0.6 is 11.8 Å². The number of nitrogens with one attached hydrogen (secondary N) is 1. The van der Waals surface area contributed by atoms with Crippen molar-refractivity contribution in [1.82, 2.24) is 0 Å². The summed E-state index contributed by atoms with van der Waals surface area (Å²) < 4.78 is 7.25. The highest BCUT2D eigenvalue weighted by atomic mass is 32.2. The van der Waals surface area contributed by atoms with Crippen molar-refractivity contribution >= 4 is 28.2 Å². The number of anilines is 1. The lowest BCUT2D eigenvalue weighted by atomic mass is 10.0. The molecule has 4 rings (SSSR count). The second kappa shape index (κ2) is 8.78. The first-order chi connectivity index (χ1) is 14.6. The second-order valence-corrected chi connectivity index (χ2v) is 8.16. The zero-order valence-corrected chi connectivity index (χ0v) is 17.9. The third-order valence-corrected chi connectivity index (χ3v) is 6.18. The van der Waals surface area contributed by atoms with Crippen molar-refractivity contribution in [2.75, 3.05) is 18.2 Å². The number of methoxy groups -OCH3 is 1. The van der Waals surface area contributed by atoms with E-state index in [9.17, 15) is 5.11 Å². The van der Waals surface area contributed by atoms with Gasteiger partial charge in [-0.05, 0) is 55.1 Å². The molecule has 0 fully saturated rings. The molecule has 1 unspecified atom stereocenters. The van der Waals surface area contributed by atoms with Crippen LogP contribution in [0.5, 0.6) is 5.75 Å². The lowest BCUT2D eigenvalue weighted by Gasteiger charge is -2.20. The third-order valence-electron chi connectivity index (χ3n) is 5.03. The number of allylic oxidation sites excluding steroid dienone is 1. The molecule has 0 radical (unpaired) electrons. The summed E-state index contributed by atoms with van der Waals surface area (Å²) in [5.74, 6) is 1.37. The molecule has 3 aromatic carbocycles. The minimum Gasteiger partial charge on any atom is -0.497 e. The minimum absolute atomic E-state index is 0.549. The fourth-order valence-electron chi connectivity index (χ4n) is 3.55. The number of para-hydroxylation sites is 1. The Labute approximate surface area is 181 Å². The molecule has 2 N–H and O–H groups in total. The molecule has 0 saturated carbocycles. The van der Waals surface area contributed by atoms with Gasteiger partial charge in [-0.1, -0.05) is 36.4 Å². The summed E-state index contributed by atoms with van der Waals surface area (Å²) in [6.07, 6.45) is 2.09. The van der Waals surface area contributed by atoms with Crippen molar-refractivity contribution in [1.29, 1.82) is 0 Å². The summed E-state index contributed by atoms with van der Waals surface area (Å²) in [5.41, 5.74) is 2.70. The first kappa shape index (κ1) is 20.3. The molecule has 3 aromatic rings. The van der Waals surface area contributed by atoms with E-state index in [4.69, 9.17) is 4.74 Å². The van der Waals surface area contributed by atoms with Crippen molar-refractivity contribution in [3.8, 4) is 5.75 Å². The first-order valence-corrected chi connectivity index (χ1v) is 10.8. The molecule has 5 heteroatoms. The highest BCUT2D eigenvalue weighted by molar-refractivity contribution is 8.14. The molecule has 0 bridgehead atoms. The maximum absolute atomic E-state index is 11.7. The van der Waals surface area contributed by atoms with E-state index in [0.717, 1.165) is 33.4 Å². The summed E-state index contributed by atoms with van der Waals surface area (Å²) >= 11 is 1.65. The minimum atomic E-state index is -1.11. The number of hydrogen-bond acceptors (Lipinski definition) is 4. The van der Waals surface area contributed by atoms with Crippen molar-refractivity contribution in [3.63, 3.8) is 0 Å². The van der Waals surface area contributed by atoms with Gasteiger partial charge in [-0.25, -0.2) is 0 Å². The van der Waals surface area contributed by atoms with E-state index in [2.05, 4.69) is 11.4 Å². The molecule has 1 aliphatic rings. The van der Waals surface area contributed by atoms with Crippen LogP contribution in [0.1, 0.15) is 12.5 Å². The van der Waals surface area contributed by atoms with E-state index < -0.39 is 5.72 Å². The highest BCUT2D eigenvalue weighted by Crippen LogP contribution is 2.39. The van der Waals surface area contributed by atoms with E-state index in [-0.39, 0.29) is 0 Å². The molecular weight excluding hydrogens is 392 g/mol. The van der Waals surface area contributed by atoms with Crippen LogP contribution < -0.4 is 10.1 Å². The van der Waals surface area contributed by atoms with Gasteiger partial charge in [0.1, 0.15) is 11.5 Å². The van der Waals surface area contributed by atoms with Crippen molar-refractivity contribution in [2.45, 2.75) is 12.6 Å². The molecule has 1 aliphatic heterocycles. The second-order valence-electron chi connectivity index (χ2n) is 7.16. The molecule has 4 nitrogen and oxygen atoms in total. The third kappa shape index (κ3) is 4.13. The van der Waals surface area contributed by atoms with Gasteiger partial charge in [-0.2, -0.15) is 4.58 Å². The van der Waals surface area contributed by atoms with Crippen LogP contribution in [-0.4, -0.2) is 27.6 Å². The number of hydrogen-bond donors (Lipinski definition) is 2. The van der Waals surface area contributed by atoms with Gasteiger partial charge in [0.05, 0.1) is 12.7 Å². The lowest BCUT2D eigenvalue weighted by Crippen LogP contribution is -2.36. The number of ether oxygens (including phenoxy) is 1. The molecular formula is C25H25N2O2S+.